The molecule has 10 nitrogen and oxygen atoms in total. The van der Waals surface area contributed by atoms with Gasteiger partial charge in [0, 0.05) is 24.2 Å². The summed E-state index contributed by atoms with van der Waals surface area (Å²) in [6, 6.07) is 19.7. The predicted molar refractivity (Wildman–Crippen MR) is 170 cm³/mol. The van der Waals surface area contributed by atoms with Crippen LogP contribution in [0.5, 0.6) is 0 Å². The number of rotatable bonds is 6. The molecule has 7 rings (SSSR count). The summed E-state index contributed by atoms with van der Waals surface area (Å²) in [6.07, 6.45) is -0.911. The van der Waals surface area contributed by atoms with E-state index in [1.165, 1.54) is 41.2 Å². The fourth-order valence-electron chi connectivity index (χ4n) is 5.43. The van der Waals surface area contributed by atoms with Crippen molar-refractivity contribution in [2.24, 2.45) is 7.05 Å². The number of hydrogen-bond acceptors (Lipinski definition) is 7. The number of carbonyl (C=O) groups excluding carboxylic acids is 1. The number of imidazole rings is 1. The van der Waals surface area contributed by atoms with E-state index in [4.69, 9.17) is 5.73 Å². The Morgan fingerprint density at radius 3 is 2.34 bits per heavy atom. The lowest BCUT2D eigenvalue weighted by Crippen LogP contribution is -2.19. The van der Waals surface area contributed by atoms with Gasteiger partial charge in [0.2, 0.25) is 5.78 Å². The molecule has 14 heteroatoms. The first-order chi connectivity index (χ1) is 22.3. The molecular formula is C33H24F3N7O3S. The van der Waals surface area contributed by atoms with Crippen LogP contribution in [0.3, 0.4) is 0 Å². The van der Waals surface area contributed by atoms with Crippen LogP contribution in [0, 0.1) is 6.92 Å². The number of nitrogens with two attached hydrogens (primary N) is 1. The fourth-order valence-corrected chi connectivity index (χ4v) is 6.94. The number of nitrogens with zero attached hydrogens (tertiary/aromatic N) is 6. The zero-order valence-electron chi connectivity index (χ0n) is 24.8. The third-order valence-corrected chi connectivity index (χ3v) is 9.69. The summed E-state index contributed by atoms with van der Waals surface area (Å²) in [5, 5.41) is 4.72. The van der Waals surface area contributed by atoms with E-state index in [2.05, 4.69) is 15.1 Å². The van der Waals surface area contributed by atoms with Gasteiger partial charge in [0.1, 0.15) is 11.5 Å². The van der Waals surface area contributed by atoms with Crippen LogP contribution in [0.4, 0.5) is 19.0 Å². The second kappa shape index (κ2) is 10.7. The Balaban J connectivity index is 1.38. The molecule has 0 saturated heterocycles. The molecule has 0 unspecified atom stereocenters. The molecule has 0 aliphatic rings. The summed E-state index contributed by atoms with van der Waals surface area (Å²) < 4.78 is 72.1. The van der Waals surface area contributed by atoms with Crippen LogP contribution in [0.1, 0.15) is 27.2 Å². The summed E-state index contributed by atoms with van der Waals surface area (Å²) in [6.45, 7) is 1.81. The molecule has 2 N–H and O–H groups in total. The number of carbonyl (C=O) groups is 1. The zero-order chi connectivity index (χ0) is 33.2. The Bertz CT molecular complexity index is 2460. The Hall–Kier alpha value is -5.76. The maximum absolute atomic E-state index is 14.2. The lowest BCUT2D eigenvalue weighted by Gasteiger charge is -2.13. The SMILES string of the molecule is Cc1ccc(S(=O)(=O)n2c(C(=O)c3cnn(-c4ccc5c(c4)ncn5C)c3N)cc3ccc(-c4ccc(C(F)(F)F)cn4)cc32)cc1. The average molecular weight is 656 g/mol. The summed E-state index contributed by atoms with van der Waals surface area (Å²) in [5.41, 5.74) is 8.91. The standard InChI is InChI=1S/C33H24F3N7O3S/c1-19-3-9-24(10-4-19)47(45,46)43-29-13-20(26-11-7-22(16-38-26)33(34,35)36)5-6-21(29)14-30(43)31(44)25-17-40-42(32(25)37)23-8-12-28-27(15-23)39-18-41(28)2/h3-18H,37H2,1-2H3. The molecule has 3 aromatic carbocycles. The minimum atomic E-state index is -4.57. The smallest absolute Gasteiger partial charge is 0.383 e. The fraction of sp³-hybridized carbons (Fsp3) is 0.0909. The number of aromatic nitrogens is 6. The Morgan fingerprint density at radius 1 is 0.872 bits per heavy atom. The summed E-state index contributed by atoms with van der Waals surface area (Å²) >= 11 is 0. The van der Waals surface area contributed by atoms with Gasteiger partial charge in [-0.05, 0) is 61.5 Å². The van der Waals surface area contributed by atoms with E-state index in [0.717, 1.165) is 21.1 Å². The molecule has 0 aliphatic carbocycles. The van der Waals surface area contributed by atoms with Crippen LogP contribution in [0.25, 0.3) is 38.9 Å². The molecule has 0 bridgehead atoms. The minimum Gasteiger partial charge on any atom is -0.383 e. The third kappa shape index (κ3) is 5.02. The molecule has 47 heavy (non-hydrogen) atoms. The Labute approximate surface area is 265 Å². The van der Waals surface area contributed by atoms with E-state index in [1.54, 1.807) is 42.7 Å². The quantitative estimate of drug-likeness (QED) is 0.213. The van der Waals surface area contributed by atoms with Gasteiger partial charge >= 0.3 is 6.18 Å². The molecule has 7 aromatic rings. The number of alkyl halides is 3. The van der Waals surface area contributed by atoms with Gasteiger partial charge in [-0.2, -0.15) is 18.3 Å². The number of fused-ring (bicyclic) bond motifs is 2. The molecule has 0 saturated carbocycles. The molecule has 0 spiro atoms. The van der Waals surface area contributed by atoms with Gasteiger partial charge in [0.25, 0.3) is 10.0 Å². The molecule has 4 aromatic heterocycles. The lowest BCUT2D eigenvalue weighted by atomic mass is 10.1. The van der Waals surface area contributed by atoms with Gasteiger partial charge in [-0.25, -0.2) is 22.1 Å². The molecule has 236 valence electrons. The van der Waals surface area contributed by atoms with Crippen molar-refractivity contribution < 1.29 is 26.4 Å². The normalized spacial score (nSPS) is 12.3. The minimum absolute atomic E-state index is 0.00976. The Kier molecular flexibility index (Phi) is 6.79. The first-order valence-corrected chi connectivity index (χ1v) is 15.6. The number of halogens is 3. The van der Waals surface area contributed by atoms with Crippen molar-refractivity contribution in [2.45, 2.75) is 18.0 Å². The van der Waals surface area contributed by atoms with E-state index >= 15 is 0 Å². The number of ketones is 1. The van der Waals surface area contributed by atoms with Crippen molar-refractivity contribution in [3.63, 3.8) is 0 Å². The van der Waals surface area contributed by atoms with Crippen LogP contribution in [-0.2, 0) is 23.2 Å². The van der Waals surface area contributed by atoms with Crippen molar-refractivity contribution in [2.75, 3.05) is 5.73 Å². The van der Waals surface area contributed by atoms with Gasteiger partial charge in [0.15, 0.2) is 0 Å². The topological polar surface area (TPSA) is 131 Å². The third-order valence-electron chi connectivity index (χ3n) is 7.94. The first-order valence-electron chi connectivity index (χ1n) is 14.1. The van der Waals surface area contributed by atoms with Crippen LogP contribution in [0.15, 0.2) is 102 Å². The summed E-state index contributed by atoms with van der Waals surface area (Å²) in [5.74, 6) is -0.710. The van der Waals surface area contributed by atoms with Crippen LogP contribution in [-0.4, -0.2) is 42.5 Å². The number of aryl methyl sites for hydroxylation is 2. The van der Waals surface area contributed by atoms with E-state index in [-0.39, 0.29) is 33.2 Å². The largest absolute Gasteiger partial charge is 0.417 e. The van der Waals surface area contributed by atoms with Gasteiger partial charge in [0.05, 0.1) is 56.5 Å². The zero-order valence-corrected chi connectivity index (χ0v) is 25.6. The summed E-state index contributed by atoms with van der Waals surface area (Å²) in [7, 11) is -2.52. The van der Waals surface area contributed by atoms with E-state index < -0.39 is 27.5 Å². The molecule has 4 heterocycles. The molecular weight excluding hydrogens is 631 g/mol. The van der Waals surface area contributed by atoms with Crippen molar-refractivity contribution in [3.8, 4) is 16.9 Å². The highest BCUT2D eigenvalue weighted by atomic mass is 32.2. The molecule has 0 aliphatic heterocycles. The number of nitrogen functional groups attached to an aromatic ring is 1. The average Bonchev–Trinajstić information content (AvgIpc) is 3.74. The molecule has 0 amide bonds. The maximum Gasteiger partial charge on any atom is 0.417 e. The predicted octanol–water partition coefficient (Wildman–Crippen LogP) is 6.15. The first kappa shape index (κ1) is 29.9. The highest BCUT2D eigenvalue weighted by Gasteiger charge is 2.32. The molecule has 0 fully saturated rings. The molecule has 0 atom stereocenters. The van der Waals surface area contributed by atoms with Crippen molar-refractivity contribution in [3.05, 3.63) is 120 Å². The van der Waals surface area contributed by atoms with E-state index in [0.29, 0.717) is 28.4 Å². The number of hydrogen-bond donors (Lipinski definition) is 1. The maximum atomic E-state index is 14.2. The van der Waals surface area contributed by atoms with Crippen LogP contribution >= 0.6 is 0 Å². The molecule has 0 radical (unpaired) electrons. The second-order valence-electron chi connectivity index (χ2n) is 11.0. The second-order valence-corrected chi connectivity index (χ2v) is 12.8. The highest BCUT2D eigenvalue weighted by Crippen LogP contribution is 2.34. The number of anilines is 1. The Morgan fingerprint density at radius 2 is 1.64 bits per heavy atom. The number of pyridine rings is 1. The van der Waals surface area contributed by atoms with Crippen molar-refractivity contribution in [1.29, 1.82) is 0 Å². The van der Waals surface area contributed by atoms with Crippen molar-refractivity contribution in [1.82, 2.24) is 28.3 Å². The van der Waals surface area contributed by atoms with E-state index in [9.17, 15) is 26.4 Å². The summed E-state index contributed by atoms with van der Waals surface area (Å²) in [4.78, 5) is 22.4. The van der Waals surface area contributed by atoms with Gasteiger partial charge in [-0.15, -0.1) is 0 Å². The van der Waals surface area contributed by atoms with Crippen molar-refractivity contribution >= 4 is 43.6 Å². The van der Waals surface area contributed by atoms with Gasteiger partial charge in [-0.1, -0.05) is 29.8 Å². The number of benzene rings is 3. The van der Waals surface area contributed by atoms with Gasteiger partial charge < -0.3 is 10.3 Å². The lowest BCUT2D eigenvalue weighted by molar-refractivity contribution is -0.137. The van der Waals surface area contributed by atoms with Gasteiger partial charge in [-0.3, -0.25) is 9.78 Å². The van der Waals surface area contributed by atoms with E-state index in [1.807, 2.05) is 24.6 Å². The van der Waals surface area contributed by atoms with Crippen LogP contribution in [0.2, 0.25) is 0 Å². The van der Waals surface area contributed by atoms with Crippen LogP contribution < -0.4 is 5.73 Å². The highest BCUT2D eigenvalue weighted by molar-refractivity contribution is 7.90. The monoisotopic (exact) mass is 655 g/mol.